The molecule has 1 saturated heterocycles. The molecule has 74 valence electrons. The van der Waals surface area contributed by atoms with Gasteiger partial charge in [0, 0.05) is 6.61 Å². The molecule has 14 heavy (non-hydrogen) atoms. The molecule has 3 nitrogen and oxygen atoms in total. The van der Waals surface area contributed by atoms with Gasteiger partial charge >= 0.3 is 5.97 Å². The number of carboxylic acid groups (broad SMARTS) is 1. The van der Waals surface area contributed by atoms with E-state index in [4.69, 9.17) is 9.84 Å². The summed E-state index contributed by atoms with van der Waals surface area (Å²) in [6, 6.07) is 6.91. The fourth-order valence-electron chi connectivity index (χ4n) is 1.68. The van der Waals surface area contributed by atoms with Crippen LogP contribution >= 0.6 is 0 Å². The first kappa shape index (κ1) is 9.21. The second-order valence-electron chi connectivity index (χ2n) is 3.43. The Morgan fingerprint density at radius 2 is 2.07 bits per heavy atom. The van der Waals surface area contributed by atoms with Crippen LogP contribution in [0.3, 0.4) is 0 Å². The minimum atomic E-state index is -0.885. The van der Waals surface area contributed by atoms with E-state index in [-0.39, 0.29) is 6.10 Å². The Morgan fingerprint density at radius 3 is 2.57 bits per heavy atom. The third kappa shape index (κ3) is 1.77. The number of aromatic carboxylic acids is 1. The van der Waals surface area contributed by atoms with Crippen LogP contribution in [0, 0.1) is 0 Å². The number of carbonyl (C=O) groups is 1. The average molecular weight is 192 g/mol. The van der Waals surface area contributed by atoms with Crippen LogP contribution in [0.1, 0.15) is 34.9 Å². The lowest BCUT2D eigenvalue weighted by atomic mass is 10.1. The Morgan fingerprint density at radius 1 is 1.36 bits per heavy atom. The van der Waals surface area contributed by atoms with Gasteiger partial charge in [0.25, 0.3) is 0 Å². The van der Waals surface area contributed by atoms with Gasteiger partial charge in [0.15, 0.2) is 0 Å². The van der Waals surface area contributed by atoms with Crippen LogP contribution in [-0.2, 0) is 4.74 Å². The van der Waals surface area contributed by atoms with Crippen LogP contribution in [0.2, 0.25) is 0 Å². The number of hydrogen-bond donors (Lipinski definition) is 1. The zero-order valence-electron chi connectivity index (χ0n) is 7.77. The SMILES string of the molecule is O=C(O)c1ccc([C@H]2CCCO2)cc1. The molecule has 1 N–H and O–H groups in total. The van der Waals surface area contributed by atoms with E-state index in [9.17, 15) is 4.79 Å². The van der Waals surface area contributed by atoms with Crippen molar-refractivity contribution in [2.24, 2.45) is 0 Å². The molecule has 1 fully saturated rings. The third-order valence-electron chi connectivity index (χ3n) is 2.46. The first-order valence-corrected chi connectivity index (χ1v) is 4.72. The monoisotopic (exact) mass is 192 g/mol. The van der Waals surface area contributed by atoms with Gasteiger partial charge < -0.3 is 9.84 Å². The highest BCUT2D eigenvalue weighted by Gasteiger charge is 2.17. The summed E-state index contributed by atoms with van der Waals surface area (Å²) in [6.07, 6.45) is 2.29. The summed E-state index contributed by atoms with van der Waals surface area (Å²) in [7, 11) is 0. The van der Waals surface area contributed by atoms with Crippen LogP contribution < -0.4 is 0 Å². The van der Waals surface area contributed by atoms with Crippen LogP contribution in [0.4, 0.5) is 0 Å². The smallest absolute Gasteiger partial charge is 0.335 e. The van der Waals surface area contributed by atoms with Crippen LogP contribution in [-0.4, -0.2) is 17.7 Å². The number of ether oxygens (including phenoxy) is 1. The Labute approximate surface area is 82.3 Å². The zero-order valence-corrected chi connectivity index (χ0v) is 7.77. The maximum absolute atomic E-state index is 10.6. The molecule has 0 aliphatic carbocycles. The average Bonchev–Trinajstić information content (AvgIpc) is 2.71. The number of benzene rings is 1. The minimum Gasteiger partial charge on any atom is -0.478 e. The van der Waals surface area contributed by atoms with E-state index in [0.717, 1.165) is 25.0 Å². The predicted molar refractivity (Wildman–Crippen MR) is 51.3 cm³/mol. The topological polar surface area (TPSA) is 46.5 Å². The van der Waals surface area contributed by atoms with Gasteiger partial charge in [0.2, 0.25) is 0 Å². The summed E-state index contributed by atoms with van der Waals surface area (Å²) in [5.41, 5.74) is 1.40. The van der Waals surface area contributed by atoms with Gasteiger partial charge in [-0.3, -0.25) is 0 Å². The van der Waals surface area contributed by atoms with Crippen LogP contribution in [0.25, 0.3) is 0 Å². The highest BCUT2D eigenvalue weighted by Crippen LogP contribution is 2.28. The van der Waals surface area contributed by atoms with Crippen LogP contribution in [0.5, 0.6) is 0 Å². The standard InChI is InChI=1S/C11H12O3/c12-11(13)9-5-3-8(4-6-9)10-2-1-7-14-10/h3-6,10H,1-2,7H2,(H,12,13)/t10-/m1/s1. The number of hydrogen-bond acceptors (Lipinski definition) is 2. The second-order valence-corrected chi connectivity index (χ2v) is 3.43. The highest BCUT2D eigenvalue weighted by molar-refractivity contribution is 5.87. The molecule has 0 bridgehead atoms. The molecule has 1 atom stereocenters. The maximum atomic E-state index is 10.6. The summed E-state index contributed by atoms with van der Waals surface area (Å²) in [5.74, 6) is -0.885. The third-order valence-corrected chi connectivity index (χ3v) is 2.46. The van der Waals surface area contributed by atoms with Gasteiger partial charge in [-0.25, -0.2) is 4.79 Å². The highest BCUT2D eigenvalue weighted by atomic mass is 16.5. The van der Waals surface area contributed by atoms with Crippen molar-refractivity contribution >= 4 is 5.97 Å². The Hall–Kier alpha value is -1.35. The summed E-state index contributed by atoms with van der Waals surface area (Å²) in [4.78, 5) is 10.6. The summed E-state index contributed by atoms with van der Waals surface area (Å²) in [6.45, 7) is 0.811. The molecule has 0 aromatic heterocycles. The van der Waals surface area contributed by atoms with Gasteiger partial charge in [-0.15, -0.1) is 0 Å². The van der Waals surface area contributed by atoms with E-state index in [1.165, 1.54) is 0 Å². The second kappa shape index (κ2) is 3.80. The number of carboxylic acids is 1. The molecule has 0 unspecified atom stereocenters. The van der Waals surface area contributed by atoms with E-state index in [1.54, 1.807) is 12.1 Å². The first-order chi connectivity index (χ1) is 6.77. The van der Waals surface area contributed by atoms with Crippen molar-refractivity contribution in [2.45, 2.75) is 18.9 Å². The van der Waals surface area contributed by atoms with Crippen molar-refractivity contribution in [3.8, 4) is 0 Å². The van der Waals surface area contributed by atoms with Gasteiger partial charge in [-0.2, -0.15) is 0 Å². The lowest BCUT2D eigenvalue weighted by molar-refractivity contribution is 0.0696. The van der Waals surface area contributed by atoms with Crippen molar-refractivity contribution < 1.29 is 14.6 Å². The van der Waals surface area contributed by atoms with Gasteiger partial charge in [0.05, 0.1) is 11.7 Å². The minimum absolute atomic E-state index is 0.165. The van der Waals surface area contributed by atoms with E-state index in [1.807, 2.05) is 12.1 Å². The molecule has 0 amide bonds. The van der Waals surface area contributed by atoms with Crippen molar-refractivity contribution in [2.75, 3.05) is 6.61 Å². The maximum Gasteiger partial charge on any atom is 0.335 e. The zero-order chi connectivity index (χ0) is 9.97. The van der Waals surface area contributed by atoms with Crippen molar-refractivity contribution in [1.29, 1.82) is 0 Å². The molecule has 1 aliphatic rings. The Kier molecular flexibility index (Phi) is 2.50. The summed E-state index contributed by atoms with van der Waals surface area (Å²) in [5, 5.41) is 8.71. The molecule has 3 heteroatoms. The van der Waals surface area contributed by atoms with E-state index in [0.29, 0.717) is 5.56 Å². The largest absolute Gasteiger partial charge is 0.478 e. The molecule has 2 rings (SSSR count). The van der Waals surface area contributed by atoms with Gasteiger partial charge in [-0.05, 0) is 30.5 Å². The normalized spacial score (nSPS) is 21.0. The van der Waals surface area contributed by atoms with E-state index < -0.39 is 5.97 Å². The van der Waals surface area contributed by atoms with Crippen molar-refractivity contribution in [3.05, 3.63) is 35.4 Å². The molecule has 0 saturated carbocycles. The lowest BCUT2D eigenvalue weighted by Gasteiger charge is -2.09. The lowest BCUT2D eigenvalue weighted by Crippen LogP contribution is -1.99. The fraction of sp³-hybridized carbons (Fsp3) is 0.364. The molecular weight excluding hydrogens is 180 g/mol. The predicted octanol–water partition coefficient (Wildman–Crippen LogP) is 2.24. The van der Waals surface area contributed by atoms with Crippen molar-refractivity contribution in [1.82, 2.24) is 0 Å². The Bertz CT molecular complexity index is 323. The molecule has 1 aliphatic heterocycles. The van der Waals surface area contributed by atoms with Gasteiger partial charge in [-0.1, -0.05) is 12.1 Å². The Balaban J connectivity index is 2.16. The van der Waals surface area contributed by atoms with Crippen LogP contribution in [0.15, 0.2) is 24.3 Å². The van der Waals surface area contributed by atoms with Crippen molar-refractivity contribution in [3.63, 3.8) is 0 Å². The number of rotatable bonds is 2. The summed E-state index contributed by atoms with van der Waals surface area (Å²) >= 11 is 0. The van der Waals surface area contributed by atoms with E-state index >= 15 is 0 Å². The molecule has 0 spiro atoms. The molecule has 1 heterocycles. The molecule has 1 aromatic carbocycles. The fourth-order valence-corrected chi connectivity index (χ4v) is 1.68. The molecule has 1 aromatic rings. The quantitative estimate of drug-likeness (QED) is 0.781. The molecular formula is C11H12O3. The summed E-state index contributed by atoms with van der Waals surface area (Å²) < 4.78 is 5.49. The van der Waals surface area contributed by atoms with E-state index in [2.05, 4.69) is 0 Å². The van der Waals surface area contributed by atoms with Gasteiger partial charge in [0.1, 0.15) is 0 Å². The first-order valence-electron chi connectivity index (χ1n) is 4.72. The molecule has 0 radical (unpaired) electrons.